The summed E-state index contributed by atoms with van der Waals surface area (Å²) in [5, 5.41) is 8.97. The Balaban J connectivity index is 2.07. The Hall–Kier alpha value is -1.79. The number of benzene rings is 2. The van der Waals surface area contributed by atoms with Crippen LogP contribution in [0.4, 0.5) is 11.4 Å². The highest BCUT2D eigenvalue weighted by atomic mass is 79.9. The van der Waals surface area contributed by atoms with Gasteiger partial charge in [0.25, 0.3) is 0 Å². The van der Waals surface area contributed by atoms with Crippen molar-refractivity contribution in [2.75, 3.05) is 11.4 Å². The van der Waals surface area contributed by atoms with Crippen LogP contribution in [0, 0.1) is 18.3 Å². The van der Waals surface area contributed by atoms with E-state index in [1.807, 2.05) is 18.2 Å². The van der Waals surface area contributed by atoms with Gasteiger partial charge in [0.2, 0.25) is 0 Å². The lowest BCUT2D eigenvalue weighted by molar-refractivity contribution is 0.765. The van der Waals surface area contributed by atoms with E-state index in [9.17, 15) is 0 Å². The molecule has 1 aliphatic heterocycles. The van der Waals surface area contributed by atoms with Crippen molar-refractivity contribution in [1.82, 2.24) is 0 Å². The fourth-order valence-electron chi connectivity index (χ4n) is 2.77. The van der Waals surface area contributed by atoms with Crippen LogP contribution in [-0.4, -0.2) is 6.54 Å². The van der Waals surface area contributed by atoms with Gasteiger partial charge in [-0.1, -0.05) is 17.7 Å². The Morgan fingerprint density at radius 2 is 1.95 bits per heavy atom. The number of nitrogens with zero attached hydrogens (tertiary/aromatic N) is 2. The molecular formula is C17H15BrN2. The maximum Gasteiger partial charge on any atom is 0.0992 e. The summed E-state index contributed by atoms with van der Waals surface area (Å²) in [5.74, 6) is 0. The molecule has 0 unspecified atom stereocenters. The summed E-state index contributed by atoms with van der Waals surface area (Å²) in [5.41, 5.74) is 5.82. The van der Waals surface area contributed by atoms with Crippen LogP contribution < -0.4 is 4.90 Å². The Morgan fingerprint density at radius 1 is 1.15 bits per heavy atom. The molecule has 0 amide bonds. The van der Waals surface area contributed by atoms with Gasteiger partial charge >= 0.3 is 0 Å². The van der Waals surface area contributed by atoms with Gasteiger partial charge in [0, 0.05) is 16.7 Å². The molecule has 2 aromatic carbocycles. The average Bonchev–Trinajstić information content (AvgIpc) is 2.46. The van der Waals surface area contributed by atoms with Gasteiger partial charge in [-0.15, -0.1) is 0 Å². The summed E-state index contributed by atoms with van der Waals surface area (Å²) in [6.07, 6.45) is 2.30. The number of hydrogen-bond donors (Lipinski definition) is 0. The maximum atomic E-state index is 8.97. The molecule has 0 aliphatic carbocycles. The van der Waals surface area contributed by atoms with E-state index in [2.05, 4.69) is 52.0 Å². The molecule has 2 aromatic rings. The standard InChI is InChI=1S/C17H15BrN2/c1-12-4-6-16-14(9-12)3-2-8-20(16)17-7-5-13(11-19)10-15(17)18/h4-7,9-10H,2-3,8H2,1H3. The third-order valence-corrected chi connectivity index (χ3v) is 4.36. The topological polar surface area (TPSA) is 27.0 Å². The van der Waals surface area contributed by atoms with Gasteiger partial charge in [0.1, 0.15) is 0 Å². The predicted octanol–water partition coefficient (Wildman–Crippen LogP) is 4.71. The Bertz CT molecular complexity index is 701. The molecule has 0 spiro atoms. The number of fused-ring (bicyclic) bond motifs is 1. The first-order chi connectivity index (χ1) is 9.69. The Kier molecular flexibility index (Phi) is 3.50. The van der Waals surface area contributed by atoms with Crippen LogP contribution in [0.2, 0.25) is 0 Å². The lowest BCUT2D eigenvalue weighted by Gasteiger charge is -2.32. The van der Waals surface area contributed by atoms with Crippen molar-refractivity contribution in [2.45, 2.75) is 19.8 Å². The monoisotopic (exact) mass is 326 g/mol. The summed E-state index contributed by atoms with van der Waals surface area (Å²) in [7, 11) is 0. The fourth-order valence-corrected chi connectivity index (χ4v) is 3.36. The first-order valence-corrected chi connectivity index (χ1v) is 7.55. The maximum absolute atomic E-state index is 8.97. The zero-order chi connectivity index (χ0) is 14.1. The minimum atomic E-state index is 0.682. The molecule has 0 N–H and O–H groups in total. The van der Waals surface area contributed by atoms with Crippen molar-refractivity contribution < 1.29 is 0 Å². The summed E-state index contributed by atoms with van der Waals surface area (Å²) in [6.45, 7) is 3.15. The van der Waals surface area contributed by atoms with Gasteiger partial charge < -0.3 is 4.90 Å². The molecule has 2 nitrogen and oxygen atoms in total. The van der Waals surface area contributed by atoms with E-state index in [-0.39, 0.29) is 0 Å². The van der Waals surface area contributed by atoms with Gasteiger partial charge in [0.05, 0.1) is 17.3 Å². The molecule has 3 rings (SSSR count). The smallest absolute Gasteiger partial charge is 0.0992 e. The SMILES string of the molecule is Cc1ccc2c(c1)CCCN2c1ccc(C#N)cc1Br. The second-order valence-corrected chi connectivity index (χ2v) is 6.02. The van der Waals surface area contributed by atoms with Crippen LogP contribution >= 0.6 is 15.9 Å². The van der Waals surface area contributed by atoms with Crippen LogP contribution in [0.25, 0.3) is 0 Å². The molecule has 0 fully saturated rings. The molecule has 100 valence electrons. The number of aryl methyl sites for hydroxylation is 2. The average molecular weight is 327 g/mol. The Labute approximate surface area is 127 Å². The first kappa shape index (κ1) is 13.2. The highest BCUT2D eigenvalue weighted by Crippen LogP contribution is 2.37. The fraction of sp³-hybridized carbons (Fsp3) is 0.235. The van der Waals surface area contributed by atoms with Gasteiger partial charge in [-0.25, -0.2) is 0 Å². The van der Waals surface area contributed by atoms with Crippen molar-refractivity contribution in [3.05, 3.63) is 57.6 Å². The van der Waals surface area contributed by atoms with Crippen molar-refractivity contribution in [2.24, 2.45) is 0 Å². The third kappa shape index (κ3) is 2.32. The molecule has 1 aliphatic rings. The lowest BCUT2D eigenvalue weighted by Crippen LogP contribution is -2.24. The largest absolute Gasteiger partial charge is 0.340 e. The molecule has 0 saturated heterocycles. The van der Waals surface area contributed by atoms with E-state index >= 15 is 0 Å². The number of rotatable bonds is 1. The van der Waals surface area contributed by atoms with Gasteiger partial charge in [-0.2, -0.15) is 5.26 Å². The van der Waals surface area contributed by atoms with Crippen LogP contribution in [-0.2, 0) is 6.42 Å². The van der Waals surface area contributed by atoms with Crippen molar-refractivity contribution in [1.29, 1.82) is 5.26 Å². The van der Waals surface area contributed by atoms with E-state index in [1.165, 1.54) is 16.8 Å². The minimum absolute atomic E-state index is 0.682. The van der Waals surface area contributed by atoms with Gasteiger partial charge in [-0.3, -0.25) is 0 Å². The van der Waals surface area contributed by atoms with Crippen LogP contribution in [0.3, 0.4) is 0 Å². The van der Waals surface area contributed by atoms with E-state index in [0.29, 0.717) is 5.56 Å². The van der Waals surface area contributed by atoms with Crippen LogP contribution in [0.5, 0.6) is 0 Å². The predicted molar refractivity (Wildman–Crippen MR) is 85.4 cm³/mol. The molecule has 20 heavy (non-hydrogen) atoms. The summed E-state index contributed by atoms with van der Waals surface area (Å²) >= 11 is 3.60. The second-order valence-electron chi connectivity index (χ2n) is 5.17. The number of anilines is 2. The molecule has 0 aromatic heterocycles. The first-order valence-electron chi connectivity index (χ1n) is 6.76. The third-order valence-electron chi connectivity index (χ3n) is 3.72. The molecule has 0 bridgehead atoms. The molecule has 0 saturated carbocycles. The van der Waals surface area contributed by atoms with E-state index < -0.39 is 0 Å². The van der Waals surface area contributed by atoms with Gasteiger partial charge in [-0.05, 0) is 65.5 Å². The summed E-state index contributed by atoms with van der Waals surface area (Å²) < 4.78 is 0.977. The molecular weight excluding hydrogens is 312 g/mol. The van der Waals surface area contributed by atoms with Crippen molar-refractivity contribution in [3.8, 4) is 6.07 Å². The molecule has 0 atom stereocenters. The van der Waals surface area contributed by atoms with Crippen molar-refractivity contribution in [3.63, 3.8) is 0 Å². The normalized spacial score (nSPS) is 13.8. The van der Waals surface area contributed by atoms with Crippen LogP contribution in [0.15, 0.2) is 40.9 Å². The molecule has 1 heterocycles. The summed E-state index contributed by atoms with van der Waals surface area (Å²) in [4.78, 5) is 2.34. The second kappa shape index (κ2) is 5.30. The lowest BCUT2D eigenvalue weighted by atomic mass is 9.99. The quantitative estimate of drug-likeness (QED) is 0.758. The van der Waals surface area contributed by atoms with E-state index in [4.69, 9.17) is 5.26 Å². The van der Waals surface area contributed by atoms with Gasteiger partial charge in [0.15, 0.2) is 0 Å². The molecule has 0 radical (unpaired) electrons. The molecule has 3 heteroatoms. The minimum Gasteiger partial charge on any atom is -0.340 e. The Morgan fingerprint density at radius 3 is 2.70 bits per heavy atom. The highest BCUT2D eigenvalue weighted by molar-refractivity contribution is 9.10. The van der Waals surface area contributed by atoms with E-state index in [1.54, 1.807) is 0 Å². The zero-order valence-electron chi connectivity index (χ0n) is 11.4. The van der Waals surface area contributed by atoms with Crippen molar-refractivity contribution >= 4 is 27.3 Å². The summed E-state index contributed by atoms with van der Waals surface area (Å²) in [6, 6.07) is 14.6. The highest BCUT2D eigenvalue weighted by Gasteiger charge is 2.20. The van der Waals surface area contributed by atoms with E-state index in [0.717, 1.165) is 29.5 Å². The number of hydrogen-bond acceptors (Lipinski definition) is 2. The zero-order valence-corrected chi connectivity index (χ0v) is 12.9. The number of halogens is 1. The number of nitriles is 1. The van der Waals surface area contributed by atoms with Crippen LogP contribution in [0.1, 0.15) is 23.1 Å².